The van der Waals surface area contributed by atoms with E-state index < -0.39 is 18.8 Å². The van der Waals surface area contributed by atoms with Crippen molar-refractivity contribution in [3.05, 3.63) is 29.6 Å². The molecule has 0 spiro atoms. The Balaban J connectivity index is 2.08. The lowest BCUT2D eigenvalue weighted by molar-refractivity contribution is -0.146. The van der Waals surface area contributed by atoms with Crippen molar-refractivity contribution in [1.82, 2.24) is 4.90 Å². The normalized spacial score (nSPS) is 18.9. The van der Waals surface area contributed by atoms with Crippen LogP contribution in [0.3, 0.4) is 0 Å². The molecule has 2 N–H and O–H groups in total. The van der Waals surface area contributed by atoms with Gasteiger partial charge in [-0.15, -0.1) is 0 Å². The van der Waals surface area contributed by atoms with Crippen LogP contribution in [0.15, 0.2) is 18.2 Å². The monoisotopic (exact) mass is 305 g/mol. The first-order chi connectivity index (χ1) is 9.78. The van der Waals surface area contributed by atoms with E-state index in [9.17, 15) is 17.6 Å². The summed E-state index contributed by atoms with van der Waals surface area (Å²) in [6.45, 7) is 2.26. The van der Waals surface area contributed by atoms with Gasteiger partial charge in [-0.3, -0.25) is 4.90 Å². The molecule has 0 amide bonds. The van der Waals surface area contributed by atoms with E-state index in [1.165, 1.54) is 11.0 Å². The summed E-state index contributed by atoms with van der Waals surface area (Å²) in [5, 5.41) is 0. The summed E-state index contributed by atoms with van der Waals surface area (Å²) in [7, 11) is 0. The van der Waals surface area contributed by atoms with Gasteiger partial charge in [0, 0.05) is 43.5 Å². The molecule has 1 aliphatic heterocycles. The average molecular weight is 305 g/mol. The Labute approximate surface area is 121 Å². The molecule has 1 saturated heterocycles. The summed E-state index contributed by atoms with van der Waals surface area (Å²) in [5.41, 5.74) is 6.90. The summed E-state index contributed by atoms with van der Waals surface area (Å²) < 4.78 is 51.0. The molecule has 1 fully saturated rings. The van der Waals surface area contributed by atoms with Crippen LogP contribution < -0.4 is 10.6 Å². The minimum Gasteiger partial charge on any atom is -0.369 e. The van der Waals surface area contributed by atoms with Gasteiger partial charge >= 0.3 is 6.18 Å². The van der Waals surface area contributed by atoms with Gasteiger partial charge in [-0.2, -0.15) is 13.2 Å². The van der Waals surface area contributed by atoms with Gasteiger partial charge in [0.2, 0.25) is 0 Å². The molecular weight excluding hydrogens is 286 g/mol. The van der Waals surface area contributed by atoms with Gasteiger partial charge in [0.15, 0.2) is 0 Å². The van der Waals surface area contributed by atoms with Gasteiger partial charge in [-0.25, -0.2) is 4.39 Å². The zero-order valence-electron chi connectivity index (χ0n) is 11.8. The molecule has 1 aliphatic rings. The Morgan fingerprint density at radius 2 is 1.81 bits per heavy atom. The molecule has 1 heterocycles. The van der Waals surface area contributed by atoms with Crippen LogP contribution in [0.5, 0.6) is 0 Å². The summed E-state index contributed by atoms with van der Waals surface area (Å²) in [6.07, 6.45) is -4.18. The lowest BCUT2D eigenvalue weighted by Crippen LogP contribution is -2.49. The lowest BCUT2D eigenvalue weighted by Gasteiger charge is -2.37. The molecule has 1 unspecified atom stereocenters. The molecule has 7 heteroatoms. The second-order valence-corrected chi connectivity index (χ2v) is 5.34. The highest BCUT2D eigenvalue weighted by Crippen LogP contribution is 2.29. The van der Waals surface area contributed by atoms with Crippen molar-refractivity contribution in [3.63, 3.8) is 0 Å². The van der Waals surface area contributed by atoms with Crippen LogP contribution in [0.25, 0.3) is 0 Å². The number of alkyl halides is 3. The summed E-state index contributed by atoms with van der Waals surface area (Å²) in [5.74, 6) is -0.375. The van der Waals surface area contributed by atoms with E-state index in [-0.39, 0.29) is 5.82 Å². The highest BCUT2D eigenvalue weighted by Gasteiger charge is 2.32. The number of piperazine rings is 1. The molecule has 1 aromatic rings. The molecule has 21 heavy (non-hydrogen) atoms. The topological polar surface area (TPSA) is 32.5 Å². The number of nitrogens with zero attached hydrogens (tertiary/aromatic N) is 2. The first-order valence-corrected chi connectivity index (χ1v) is 6.86. The van der Waals surface area contributed by atoms with E-state index >= 15 is 0 Å². The average Bonchev–Trinajstić information content (AvgIpc) is 2.37. The van der Waals surface area contributed by atoms with E-state index in [1.807, 2.05) is 4.90 Å². The van der Waals surface area contributed by atoms with Crippen LogP contribution in [0, 0.1) is 5.82 Å². The van der Waals surface area contributed by atoms with Gasteiger partial charge in [-0.05, 0) is 19.1 Å². The fraction of sp³-hybridized carbons (Fsp3) is 0.571. The molecule has 0 aromatic heterocycles. The molecule has 0 bridgehead atoms. The van der Waals surface area contributed by atoms with Crippen molar-refractivity contribution in [1.29, 1.82) is 0 Å². The Hall–Kier alpha value is -1.34. The predicted molar refractivity (Wildman–Crippen MR) is 73.7 cm³/mol. The smallest absolute Gasteiger partial charge is 0.369 e. The predicted octanol–water partition coefficient (Wildman–Crippen LogP) is 2.53. The summed E-state index contributed by atoms with van der Waals surface area (Å²) in [6, 6.07) is 4.25. The van der Waals surface area contributed by atoms with Crippen molar-refractivity contribution in [2.45, 2.75) is 19.1 Å². The summed E-state index contributed by atoms with van der Waals surface area (Å²) >= 11 is 0. The molecule has 0 radical (unpaired) electrons. The minimum atomic E-state index is -4.18. The van der Waals surface area contributed by atoms with Crippen LogP contribution in [0.4, 0.5) is 23.2 Å². The molecule has 3 nitrogen and oxygen atoms in total. The zero-order chi connectivity index (χ0) is 15.6. The van der Waals surface area contributed by atoms with Crippen LogP contribution >= 0.6 is 0 Å². The van der Waals surface area contributed by atoms with Crippen molar-refractivity contribution in [2.75, 3.05) is 37.6 Å². The third-order valence-corrected chi connectivity index (χ3v) is 3.60. The maximum absolute atomic E-state index is 13.9. The second-order valence-electron chi connectivity index (χ2n) is 5.34. The molecule has 118 valence electrons. The number of anilines is 1. The fourth-order valence-corrected chi connectivity index (χ4v) is 2.65. The van der Waals surface area contributed by atoms with Crippen LogP contribution in [0.1, 0.15) is 18.5 Å². The van der Waals surface area contributed by atoms with Crippen LogP contribution in [-0.4, -0.2) is 43.8 Å². The van der Waals surface area contributed by atoms with Gasteiger partial charge in [-0.1, -0.05) is 6.07 Å². The number of rotatable bonds is 3. The Bertz CT molecular complexity index is 480. The lowest BCUT2D eigenvalue weighted by atomic mass is 10.0. The summed E-state index contributed by atoms with van der Waals surface area (Å²) in [4.78, 5) is 3.26. The van der Waals surface area contributed by atoms with E-state index in [0.29, 0.717) is 37.4 Å². The van der Waals surface area contributed by atoms with Gasteiger partial charge in [0.25, 0.3) is 0 Å². The second kappa shape index (κ2) is 6.19. The van der Waals surface area contributed by atoms with Crippen molar-refractivity contribution < 1.29 is 17.6 Å². The van der Waals surface area contributed by atoms with E-state index in [0.717, 1.165) is 0 Å². The number of hydrogen-bond donors (Lipinski definition) is 1. The van der Waals surface area contributed by atoms with E-state index in [1.54, 1.807) is 19.1 Å². The van der Waals surface area contributed by atoms with Crippen LogP contribution in [-0.2, 0) is 0 Å². The zero-order valence-corrected chi connectivity index (χ0v) is 11.8. The van der Waals surface area contributed by atoms with Crippen molar-refractivity contribution in [3.8, 4) is 0 Å². The van der Waals surface area contributed by atoms with E-state index in [2.05, 4.69) is 0 Å². The van der Waals surface area contributed by atoms with Crippen LogP contribution in [0.2, 0.25) is 0 Å². The number of nitrogens with two attached hydrogens (primary N) is 1. The van der Waals surface area contributed by atoms with Gasteiger partial charge in [0.1, 0.15) is 5.82 Å². The Kier molecular flexibility index (Phi) is 4.73. The molecule has 2 rings (SSSR count). The molecule has 0 aliphatic carbocycles. The highest BCUT2D eigenvalue weighted by atomic mass is 19.4. The molecule has 1 atom stereocenters. The SMILES string of the molecule is CC(N)c1c(F)cccc1N1CCN(CC(F)(F)F)CC1. The third-order valence-electron chi connectivity index (χ3n) is 3.60. The molecule has 0 saturated carbocycles. The first kappa shape index (κ1) is 16.0. The van der Waals surface area contributed by atoms with Gasteiger partial charge < -0.3 is 10.6 Å². The maximum Gasteiger partial charge on any atom is 0.401 e. The highest BCUT2D eigenvalue weighted by molar-refractivity contribution is 5.55. The number of hydrogen-bond acceptors (Lipinski definition) is 3. The van der Waals surface area contributed by atoms with Crippen molar-refractivity contribution in [2.24, 2.45) is 5.73 Å². The Morgan fingerprint density at radius 3 is 2.33 bits per heavy atom. The fourth-order valence-electron chi connectivity index (χ4n) is 2.65. The quantitative estimate of drug-likeness (QED) is 0.871. The standard InChI is InChI=1S/C14H19F4N3/c1-10(19)13-11(15)3-2-4-12(13)21-7-5-20(6-8-21)9-14(16,17)18/h2-4,10H,5-9,19H2,1H3. The third kappa shape index (κ3) is 4.07. The maximum atomic E-state index is 13.9. The van der Waals surface area contributed by atoms with E-state index in [4.69, 9.17) is 5.73 Å². The molecular formula is C14H19F4N3. The van der Waals surface area contributed by atoms with Crippen molar-refractivity contribution >= 4 is 5.69 Å². The molecule has 1 aromatic carbocycles. The minimum absolute atomic E-state index is 0.300. The number of benzene rings is 1. The van der Waals surface area contributed by atoms with Gasteiger partial charge in [0.05, 0.1) is 6.54 Å². The largest absolute Gasteiger partial charge is 0.401 e. The first-order valence-electron chi connectivity index (χ1n) is 6.86. The number of halogens is 4. The Morgan fingerprint density at radius 1 is 1.19 bits per heavy atom.